The van der Waals surface area contributed by atoms with Crippen molar-refractivity contribution in [2.45, 2.75) is 13.8 Å². The van der Waals surface area contributed by atoms with Crippen molar-refractivity contribution in [2.24, 2.45) is 7.05 Å². The van der Waals surface area contributed by atoms with E-state index >= 15 is 0 Å². The minimum Gasteiger partial charge on any atom is -0.493 e. The number of benzene rings is 1. The summed E-state index contributed by atoms with van der Waals surface area (Å²) in [5, 5.41) is 0.356. The molecular formula is C20H22ClNO5. The third-order valence-corrected chi connectivity index (χ3v) is 4.57. The number of hydrogen-bond acceptors (Lipinski definition) is 5. The minimum absolute atomic E-state index is 0.243. The Kier molecular flexibility index (Phi) is 6.69. The van der Waals surface area contributed by atoms with Crippen LogP contribution in [0.25, 0.3) is 6.08 Å². The van der Waals surface area contributed by atoms with Crippen molar-refractivity contribution >= 4 is 29.4 Å². The van der Waals surface area contributed by atoms with E-state index in [1.54, 1.807) is 18.2 Å². The van der Waals surface area contributed by atoms with E-state index in [9.17, 15) is 9.59 Å². The van der Waals surface area contributed by atoms with Crippen LogP contribution < -0.4 is 9.47 Å². The normalized spacial score (nSPS) is 10.9. The number of methoxy groups -OCH3 is 2. The van der Waals surface area contributed by atoms with Crippen molar-refractivity contribution in [3.8, 4) is 11.5 Å². The standard InChI is InChI=1S/C20H22ClNO5/c1-12-8-15(13(2)22(12)3)17(23)11-27-19(24)7-6-14-9-16(21)20(26-5)18(10-14)25-4/h6-10H,11H2,1-5H3/b7-6+. The second-order valence-corrected chi connectivity index (χ2v) is 6.35. The molecule has 0 atom stereocenters. The van der Waals surface area contributed by atoms with Crippen LogP contribution in [0.1, 0.15) is 27.3 Å². The fourth-order valence-corrected chi connectivity index (χ4v) is 2.89. The highest BCUT2D eigenvalue weighted by atomic mass is 35.5. The lowest BCUT2D eigenvalue weighted by atomic mass is 10.1. The van der Waals surface area contributed by atoms with Crippen LogP contribution in [0.15, 0.2) is 24.3 Å². The van der Waals surface area contributed by atoms with E-state index in [4.69, 9.17) is 25.8 Å². The second-order valence-electron chi connectivity index (χ2n) is 5.95. The zero-order valence-corrected chi connectivity index (χ0v) is 16.7. The molecule has 144 valence electrons. The molecule has 2 aromatic rings. The van der Waals surface area contributed by atoms with Crippen molar-refractivity contribution in [2.75, 3.05) is 20.8 Å². The number of halogens is 1. The molecule has 0 N–H and O–H groups in total. The first kappa shape index (κ1) is 20.6. The van der Waals surface area contributed by atoms with Crippen molar-refractivity contribution in [1.82, 2.24) is 4.57 Å². The number of hydrogen-bond donors (Lipinski definition) is 0. The largest absolute Gasteiger partial charge is 0.493 e. The molecule has 0 saturated carbocycles. The van der Waals surface area contributed by atoms with Gasteiger partial charge in [0, 0.05) is 30.1 Å². The lowest BCUT2D eigenvalue weighted by molar-refractivity contribution is -0.136. The molecule has 1 aromatic heterocycles. The summed E-state index contributed by atoms with van der Waals surface area (Å²) in [4.78, 5) is 24.2. The third kappa shape index (κ3) is 4.71. The van der Waals surface area contributed by atoms with Crippen molar-refractivity contribution in [3.63, 3.8) is 0 Å². The Morgan fingerprint density at radius 2 is 1.85 bits per heavy atom. The Morgan fingerprint density at radius 3 is 2.41 bits per heavy atom. The number of rotatable bonds is 7. The average Bonchev–Trinajstić information content (AvgIpc) is 2.91. The molecule has 0 bridgehead atoms. The van der Waals surface area contributed by atoms with Crippen molar-refractivity contribution in [1.29, 1.82) is 0 Å². The van der Waals surface area contributed by atoms with Crippen LogP contribution in [-0.4, -0.2) is 37.1 Å². The Balaban J connectivity index is 2.02. The van der Waals surface area contributed by atoms with E-state index < -0.39 is 5.97 Å². The fraction of sp³-hybridized carbons (Fsp3) is 0.300. The predicted octanol–water partition coefficient (Wildman–Crippen LogP) is 3.75. The molecule has 0 saturated heterocycles. The summed E-state index contributed by atoms with van der Waals surface area (Å²) in [5.74, 6) is -0.00666. The molecule has 0 aliphatic rings. The molecule has 0 aliphatic carbocycles. The smallest absolute Gasteiger partial charge is 0.331 e. The first-order valence-corrected chi connectivity index (χ1v) is 8.58. The van der Waals surface area contributed by atoms with Crippen molar-refractivity contribution in [3.05, 3.63) is 51.8 Å². The molecule has 1 aromatic carbocycles. The number of aromatic nitrogens is 1. The summed E-state index contributed by atoms with van der Waals surface area (Å²) < 4.78 is 17.3. The van der Waals surface area contributed by atoms with Gasteiger partial charge in [-0.1, -0.05) is 11.6 Å². The molecular weight excluding hydrogens is 370 g/mol. The monoisotopic (exact) mass is 391 g/mol. The van der Waals surface area contributed by atoms with Crippen LogP contribution in [-0.2, 0) is 16.6 Å². The Morgan fingerprint density at radius 1 is 1.15 bits per heavy atom. The van der Waals surface area contributed by atoms with Gasteiger partial charge in [0.15, 0.2) is 18.1 Å². The Bertz CT molecular complexity index is 898. The molecule has 0 amide bonds. The van der Waals surface area contributed by atoms with Gasteiger partial charge in [-0.3, -0.25) is 4.79 Å². The zero-order chi connectivity index (χ0) is 20.1. The number of Topliss-reactive ketones (excluding diaryl/α,β-unsaturated/α-hetero) is 1. The van der Waals surface area contributed by atoms with E-state index in [-0.39, 0.29) is 12.4 Å². The molecule has 27 heavy (non-hydrogen) atoms. The lowest BCUT2D eigenvalue weighted by Gasteiger charge is -2.10. The van der Waals surface area contributed by atoms with E-state index in [2.05, 4.69) is 0 Å². The van der Waals surface area contributed by atoms with Gasteiger partial charge >= 0.3 is 5.97 Å². The first-order valence-electron chi connectivity index (χ1n) is 8.21. The summed E-state index contributed by atoms with van der Waals surface area (Å²) in [7, 11) is 4.86. The summed E-state index contributed by atoms with van der Waals surface area (Å²) in [6.45, 7) is 3.44. The quantitative estimate of drug-likeness (QED) is 0.408. The van der Waals surface area contributed by atoms with Gasteiger partial charge in [0.1, 0.15) is 0 Å². The van der Waals surface area contributed by atoms with Crippen LogP contribution in [0.2, 0.25) is 5.02 Å². The second kappa shape index (κ2) is 8.77. The van der Waals surface area contributed by atoms with Crippen molar-refractivity contribution < 1.29 is 23.8 Å². The van der Waals surface area contributed by atoms with Crippen LogP contribution >= 0.6 is 11.6 Å². The topological polar surface area (TPSA) is 66.8 Å². The summed E-state index contributed by atoms with van der Waals surface area (Å²) >= 11 is 6.13. The van der Waals surface area contributed by atoms with Gasteiger partial charge < -0.3 is 18.8 Å². The van der Waals surface area contributed by atoms with Crippen LogP contribution in [0.5, 0.6) is 11.5 Å². The molecule has 0 unspecified atom stereocenters. The van der Waals surface area contributed by atoms with Crippen LogP contribution in [0.4, 0.5) is 0 Å². The maximum absolute atomic E-state index is 12.2. The highest BCUT2D eigenvalue weighted by molar-refractivity contribution is 6.32. The molecule has 0 fully saturated rings. The predicted molar refractivity (Wildman–Crippen MR) is 104 cm³/mol. The SMILES string of the molecule is COc1cc(/C=C/C(=O)OCC(=O)c2cc(C)n(C)c2C)cc(Cl)c1OC. The molecule has 0 aliphatic heterocycles. The number of carbonyl (C=O) groups excluding carboxylic acids is 2. The number of carbonyl (C=O) groups is 2. The van der Waals surface area contributed by atoms with Gasteiger partial charge in [-0.05, 0) is 43.7 Å². The number of ether oxygens (including phenoxy) is 3. The number of ketones is 1. The van der Waals surface area contributed by atoms with Gasteiger partial charge in [-0.2, -0.15) is 0 Å². The van der Waals surface area contributed by atoms with E-state index in [0.29, 0.717) is 27.6 Å². The Labute approximate surface area is 163 Å². The molecule has 6 nitrogen and oxygen atoms in total. The number of nitrogens with zero attached hydrogens (tertiary/aromatic N) is 1. The van der Waals surface area contributed by atoms with E-state index in [1.165, 1.54) is 26.4 Å². The van der Waals surface area contributed by atoms with Crippen LogP contribution in [0, 0.1) is 13.8 Å². The lowest BCUT2D eigenvalue weighted by Crippen LogP contribution is -2.13. The van der Waals surface area contributed by atoms with Gasteiger partial charge in [-0.15, -0.1) is 0 Å². The summed E-state index contributed by atoms with van der Waals surface area (Å²) in [5.41, 5.74) is 2.99. The first-order chi connectivity index (χ1) is 12.8. The Hall–Kier alpha value is -2.73. The molecule has 0 spiro atoms. The molecule has 7 heteroatoms. The van der Waals surface area contributed by atoms with Gasteiger partial charge in [0.05, 0.1) is 19.2 Å². The van der Waals surface area contributed by atoms with E-state index in [0.717, 1.165) is 11.4 Å². The number of esters is 1. The summed E-state index contributed by atoms with van der Waals surface area (Å²) in [6.07, 6.45) is 2.76. The average molecular weight is 392 g/mol. The van der Waals surface area contributed by atoms with Gasteiger partial charge in [0.25, 0.3) is 0 Å². The third-order valence-electron chi connectivity index (χ3n) is 4.29. The minimum atomic E-state index is -0.625. The van der Waals surface area contributed by atoms with E-state index in [1.807, 2.05) is 25.5 Å². The molecule has 1 heterocycles. The summed E-state index contributed by atoms with van der Waals surface area (Å²) in [6, 6.07) is 5.09. The molecule has 0 radical (unpaired) electrons. The maximum Gasteiger partial charge on any atom is 0.331 e. The highest BCUT2D eigenvalue weighted by Gasteiger charge is 2.15. The maximum atomic E-state index is 12.2. The molecule has 2 rings (SSSR count). The number of aryl methyl sites for hydroxylation is 1. The van der Waals surface area contributed by atoms with Gasteiger partial charge in [0.2, 0.25) is 5.78 Å². The highest BCUT2D eigenvalue weighted by Crippen LogP contribution is 2.36. The van der Waals surface area contributed by atoms with Gasteiger partial charge in [-0.25, -0.2) is 4.79 Å². The zero-order valence-electron chi connectivity index (χ0n) is 16.0. The van der Waals surface area contributed by atoms with Crippen LogP contribution in [0.3, 0.4) is 0 Å². The fourth-order valence-electron chi connectivity index (χ4n) is 2.60.